The smallest absolute Gasteiger partial charge is 0.303 e. The normalized spacial score (nSPS) is 12.0. The van der Waals surface area contributed by atoms with Crippen LogP contribution in [0.4, 0.5) is 0 Å². The Kier molecular flexibility index (Phi) is 14.9. The number of aromatic nitrogens is 1. The molecule has 1 aromatic carbocycles. The van der Waals surface area contributed by atoms with Gasteiger partial charge in [-0.3, -0.25) is 14.4 Å². The summed E-state index contributed by atoms with van der Waals surface area (Å²) >= 11 is 0. The van der Waals surface area contributed by atoms with Crippen molar-refractivity contribution in [1.29, 1.82) is 0 Å². The van der Waals surface area contributed by atoms with Gasteiger partial charge >= 0.3 is 5.97 Å². The minimum absolute atomic E-state index is 0.0130. The number of nitrogens with zero attached hydrogens (tertiary/aromatic N) is 2. The molecular weight excluding hydrogens is 516 g/mol. The Morgan fingerprint density at radius 1 is 1.02 bits per heavy atom. The first-order valence-electron chi connectivity index (χ1n) is 13.9. The monoisotopic (exact) mass is 560 g/mol. The fraction of sp³-hybridized carbons (Fsp3) is 0.586. The van der Waals surface area contributed by atoms with Crippen LogP contribution in [0.25, 0.3) is 10.9 Å². The number of carboxylic acids is 1. The maximum atomic E-state index is 12.9. The van der Waals surface area contributed by atoms with E-state index in [9.17, 15) is 19.2 Å². The van der Waals surface area contributed by atoms with Crippen LogP contribution >= 0.6 is 0 Å². The van der Waals surface area contributed by atoms with E-state index in [1.807, 2.05) is 31.3 Å². The highest BCUT2D eigenvalue weighted by molar-refractivity contribution is 5.88. The van der Waals surface area contributed by atoms with Crippen LogP contribution < -0.4 is 10.6 Å². The van der Waals surface area contributed by atoms with Gasteiger partial charge in [0.2, 0.25) is 11.8 Å². The lowest BCUT2D eigenvalue weighted by Gasteiger charge is -2.19. The number of carbonyl (C=O) groups is 4. The molecule has 0 radical (unpaired) electrons. The summed E-state index contributed by atoms with van der Waals surface area (Å²) in [6.07, 6.45) is 1.06. The van der Waals surface area contributed by atoms with Crippen LogP contribution in [-0.4, -0.2) is 90.7 Å². The number of carboxylic acid groups (broad SMARTS) is 1. The van der Waals surface area contributed by atoms with Crippen LogP contribution in [0.1, 0.15) is 51.6 Å². The molecule has 0 bridgehead atoms. The van der Waals surface area contributed by atoms with E-state index in [-0.39, 0.29) is 44.1 Å². The molecule has 2 amide bonds. The van der Waals surface area contributed by atoms with Gasteiger partial charge in [-0.15, -0.1) is 0 Å². The molecule has 1 aromatic heterocycles. The highest BCUT2D eigenvalue weighted by atomic mass is 16.5. The average Bonchev–Trinajstić information content (AvgIpc) is 3.26. The number of carbonyl (C=O) groups excluding carboxylic acids is 3. The summed E-state index contributed by atoms with van der Waals surface area (Å²) in [6, 6.07) is 9.18. The summed E-state index contributed by atoms with van der Waals surface area (Å²) in [7, 11) is 2.04. The molecule has 222 valence electrons. The van der Waals surface area contributed by atoms with E-state index in [0.717, 1.165) is 29.7 Å². The number of fused-ring (bicyclic) bond motifs is 1. The molecule has 0 fully saturated rings. The van der Waals surface area contributed by atoms with Crippen LogP contribution in [0.15, 0.2) is 30.3 Å². The van der Waals surface area contributed by atoms with E-state index in [2.05, 4.69) is 33.1 Å². The van der Waals surface area contributed by atoms with Gasteiger partial charge in [-0.05, 0) is 50.9 Å². The molecular formula is C29H44N4O7. The number of para-hydroxylation sites is 1. The second-order valence-corrected chi connectivity index (χ2v) is 9.80. The molecule has 0 spiro atoms. The predicted molar refractivity (Wildman–Crippen MR) is 152 cm³/mol. The topological polar surface area (TPSA) is 139 Å². The third-order valence-corrected chi connectivity index (χ3v) is 6.46. The number of aliphatic carboxylic acids is 1. The summed E-state index contributed by atoms with van der Waals surface area (Å²) in [4.78, 5) is 49.8. The van der Waals surface area contributed by atoms with Crippen molar-refractivity contribution < 1.29 is 33.8 Å². The van der Waals surface area contributed by atoms with Gasteiger partial charge in [0, 0.05) is 56.7 Å². The zero-order valence-corrected chi connectivity index (χ0v) is 23.9. The van der Waals surface area contributed by atoms with Gasteiger partial charge in [0.25, 0.3) is 0 Å². The Hall–Kier alpha value is -3.28. The molecule has 2 rings (SSSR count). The van der Waals surface area contributed by atoms with Crippen molar-refractivity contribution >= 4 is 34.5 Å². The van der Waals surface area contributed by atoms with Crippen molar-refractivity contribution in [2.45, 2.75) is 65.1 Å². The van der Waals surface area contributed by atoms with E-state index >= 15 is 0 Å². The van der Waals surface area contributed by atoms with E-state index < -0.39 is 17.9 Å². The van der Waals surface area contributed by atoms with Crippen LogP contribution in [-0.2, 0) is 41.7 Å². The van der Waals surface area contributed by atoms with E-state index in [1.165, 1.54) is 0 Å². The van der Waals surface area contributed by atoms with Crippen molar-refractivity contribution in [2.24, 2.45) is 0 Å². The van der Waals surface area contributed by atoms with Crippen LogP contribution in [0.3, 0.4) is 0 Å². The number of hydrogen-bond acceptors (Lipinski definition) is 7. The van der Waals surface area contributed by atoms with Crippen molar-refractivity contribution in [3.63, 3.8) is 0 Å². The second-order valence-electron chi connectivity index (χ2n) is 9.80. The highest BCUT2D eigenvalue weighted by Crippen LogP contribution is 2.21. The molecule has 0 unspecified atom stereocenters. The van der Waals surface area contributed by atoms with Crippen LogP contribution in [0.5, 0.6) is 0 Å². The molecule has 40 heavy (non-hydrogen) atoms. The fourth-order valence-electron chi connectivity index (χ4n) is 4.18. The molecule has 11 heteroatoms. The third-order valence-electron chi connectivity index (χ3n) is 6.46. The molecule has 2 aromatic rings. The lowest BCUT2D eigenvalue weighted by molar-refractivity contribution is -0.138. The van der Waals surface area contributed by atoms with Gasteiger partial charge in [0.15, 0.2) is 0 Å². The fourth-order valence-corrected chi connectivity index (χ4v) is 4.18. The number of nitrogens with one attached hydrogen (secondary N) is 2. The quantitative estimate of drug-likeness (QED) is 0.198. The average molecular weight is 561 g/mol. The number of ketones is 1. The first kappa shape index (κ1) is 32.9. The minimum atomic E-state index is -1.04. The number of amides is 2. The second kappa shape index (κ2) is 18.1. The number of aryl methyl sites for hydroxylation is 1. The maximum Gasteiger partial charge on any atom is 0.303 e. The van der Waals surface area contributed by atoms with Crippen molar-refractivity contribution in [3.05, 3.63) is 36.0 Å². The van der Waals surface area contributed by atoms with E-state index in [0.29, 0.717) is 39.2 Å². The molecule has 0 saturated carbocycles. The summed E-state index contributed by atoms with van der Waals surface area (Å²) in [5, 5.41) is 15.6. The summed E-state index contributed by atoms with van der Waals surface area (Å²) < 4.78 is 12.9. The van der Waals surface area contributed by atoms with Crippen molar-refractivity contribution in [1.82, 2.24) is 20.1 Å². The van der Waals surface area contributed by atoms with Gasteiger partial charge in [-0.1, -0.05) is 25.1 Å². The molecule has 0 saturated heterocycles. The standard InChI is InChI=1S/C29H44N4O7/c1-4-32(3)21-24-20-23-9-5-6-10-26(23)33(24)15-13-27(35)31-25(11-12-28(36)37)29(38)30-14-17-40-19-18-39-16-7-8-22(2)34/h5-6,9-10,20,25H,4,7-8,11-19,21H2,1-3H3,(H,30,38)(H,31,35)(H,36,37)/t25-/m0/s1. The zero-order chi connectivity index (χ0) is 29.3. The van der Waals surface area contributed by atoms with Crippen LogP contribution in [0.2, 0.25) is 0 Å². The van der Waals surface area contributed by atoms with Crippen LogP contribution in [0, 0.1) is 0 Å². The van der Waals surface area contributed by atoms with Crippen molar-refractivity contribution in [2.75, 3.05) is 46.6 Å². The highest BCUT2D eigenvalue weighted by Gasteiger charge is 2.22. The molecule has 11 nitrogen and oxygen atoms in total. The van der Waals surface area contributed by atoms with Gasteiger partial charge in [-0.25, -0.2) is 0 Å². The van der Waals surface area contributed by atoms with Crippen molar-refractivity contribution in [3.8, 4) is 0 Å². The maximum absolute atomic E-state index is 12.9. The van der Waals surface area contributed by atoms with Gasteiger partial charge in [0.05, 0.1) is 19.8 Å². The number of rotatable bonds is 21. The first-order valence-corrected chi connectivity index (χ1v) is 13.9. The summed E-state index contributed by atoms with van der Waals surface area (Å²) in [5.74, 6) is -1.68. The lowest BCUT2D eigenvalue weighted by atomic mass is 10.1. The Bertz CT molecular complexity index is 1100. The summed E-state index contributed by atoms with van der Waals surface area (Å²) in [5.41, 5.74) is 2.14. The molecule has 1 atom stereocenters. The van der Waals surface area contributed by atoms with Gasteiger partial charge < -0.3 is 39.5 Å². The molecule has 0 aliphatic rings. The molecule has 3 N–H and O–H groups in total. The Morgan fingerprint density at radius 2 is 1.75 bits per heavy atom. The molecule has 0 aliphatic carbocycles. The number of benzene rings is 1. The Morgan fingerprint density at radius 3 is 2.45 bits per heavy atom. The predicted octanol–water partition coefficient (Wildman–Crippen LogP) is 2.35. The minimum Gasteiger partial charge on any atom is -0.481 e. The Labute approximate surface area is 236 Å². The third kappa shape index (κ3) is 12.3. The van der Waals surface area contributed by atoms with Gasteiger partial charge in [-0.2, -0.15) is 0 Å². The number of Topliss-reactive ketones (excluding diaryl/α,β-unsaturated/α-hetero) is 1. The molecule has 0 aliphatic heterocycles. The SMILES string of the molecule is CCN(C)Cc1cc2ccccc2n1CCC(=O)N[C@@H](CCC(=O)O)C(=O)NCCOCCOCCCC(C)=O. The van der Waals surface area contributed by atoms with E-state index in [1.54, 1.807) is 6.92 Å². The summed E-state index contributed by atoms with van der Waals surface area (Å²) in [6.45, 7) is 7.38. The molecule has 1 heterocycles. The van der Waals surface area contributed by atoms with E-state index in [4.69, 9.17) is 14.6 Å². The zero-order valence-electron chi connectivity index (χ0n) is 23.9. The lowest BCUT2D eigenvalue weighted by Crippen LogP contribution is -2.47. The number of ether oxygens (including phenoxy) is 2. The first-order chi connectivity index (χ1) is 19.2. The Balaban J connectivity index is 1.84. The largest absolute Gasteiger partial charge is 0.481 e. The number of hydrogen-bond donors (Lipinski definition) is 3. The van der Waals surface area contributed by atoms with Gasteiger partial charge in [0.1, 0.15) is 11.8 Å².